The van der Waals surface area contributed by atoms with Crippen molar-refractivity contribution in [3.8, 4) is 0 Å². The van der Waals surface area contributed by atoms with E-state index in [9.17, 15) is 9.59 Å². The van der Waals surface area contributed by atoms with Crippen molar-refractivity contribution in [3.05, 3.63) is 12.2 Å². The Hall–Kier alpha value is -1.40. The SMILES string of the molecule is C=C(C)C(=O)OCCC(=O)OCC1COC2(CCCC2)O1. The van der Waals surface area contributed by atoms with Crippen molar-refractivity contribution >= 4 is 11.9 Å². The summed E-state index contributed by atoms with van der Waals surface area (Å²) in [6, 6.07) is 0. The van der Waals surface area contributed by atoms with E-state index in [4.69, 9.17) is 18.9 Å². The Morgan fingerprint density at radius 2 is 2.00 bits per heavy atom. The maximum atomic E-state index is 11.5. The van der Waals surface area contributed by atoms with Crippen molar-refractivity contribution < 1.29 is 28.5 Å². The minimum Gasteiger partial charge on any atom is -0.463 e. The van der Waals surface area contributed by atoms with Crippen molar-refractivity contribution in [2.75, 3.05) is 19.8 Å². The molecule has 1 unspecified atom stereocenters. The highest BCUT2D eigenvalue weighted by molar-refractivity contribution is 5.87. The zero-order valence-electron chi connectivity index (χ0n) is 12.4. The van der Waals surface area contributed by atoms with Crippen LogP contribution < -0.4 is 0 Å². The van der Waals surface area contributed by atoms with Gasteiger partial charge in [-0.05, 0) is 19.8 Å². The van der Waals surface area contributed by atoms with Crippen LogP contribution in [-0.2, 0) is 28.5 Å². The maximum Gasteiger partial charge on any atom is 0.333 e. The average molecular weight is 298 g/mol. The lowest BCUT2D eigenvalue weighted by atomic mass is 10.2. The molecule has 0 amide bonds. The van der Waals surface area contributed by atoms with Gasteiger partial charge in [-0.1, -0.05) is 6.58 Å². The Kier molecular flexibility index (Phi) is 5.36. The van der Waals surface area contributed by atoms with Gasteiger partial charge in [0.15, 0.2) is 5.79 Å². The summed E-state index contributed by atoms with van der Waals surface area (Å²) in [5.41, 5.74) is 0.307. The average Bonchev–Trinajstić information content (AvgIpc) is 3.07. The third-order valence-corrected chi connectivity index (χ3v) is 3.60. The summed E-state index contributed by atoms with van der Waals surface area (Å²) < 4.78 is 21.5. The molecular formula is C15H22O6. The van der Waals surface area contributed by atoms with Crippen LogP contribution in [0.3, 0.4) is 0 Å². The first-order chi connectivity index (χ1) is 10.0. The Balaban J connectivity index is 1.59. The normalized spacial score (nSPS) is 23.2. The Morgan fingerprint density at radius 3 is 2.67 bits per heavy atom. The summed E-state index contributed by atoms with van der Waals surface area (Å²) >= 11 is 0. The van der Waals surface area contributed by atoms with E-state index in [0.717, 1.165) is 25.7 Å². The zero-order chi connectivity index (χ0) is 15.3. The van der Waals surface area contributed by atoms with Gasteiger partial charge in [-0.3, -0.25) is 4.79 Å². The lowest BCUT2D eigenvalue weighted by Gasteiger charge is -2.21. The van der Waals surface area contributed by atoms with Crippen LogP contribution in [0.2, 0.25) is 0 Å². The third kappa shape index (κ3) is 4.54. The number of hydrogen-bond donors (Lipinski definition) is 0. The molecule has 1 aliphatic carbocycles. The van der Waals surface area contributed by atoms with Gasteiger partial charge in [-0.25, -0.2) is 4.79 Å². The van der Waals surface area contributed by atoms with E-state index in [1.807, 2.05) is 0 Å². The highest BCUT2D eigenvalue weighted by atomic mass is 16.8. The minimum absolute atomic E-state index is 0.00348. The number of esters is 2. The van der Waals surface area contributed by atoms with Gasteiger partial charge in [0.2, 0.25) is 0 Å². The van der Waals surface area contributed by atoms with E-state index in [1.54, 1.807) is 6.92 Å². The highest BCUT2D eigenvalue weighted by Gasteiger charge is 2.43. The highest BCUT2D eigenvalue weighted by Crippen LogP contribution is 2.39. The standard InChI is InChI=1S/C15H22O6/c1-11(2)14(17)18-8-5-13(16)19-9-12-10-20-15(21-12)6-3-4-7-15/h12H,1,3-10H2,2H3. The predicted molar refractivity (Wildman–Crippen MR) is 73.4 cm³/mol. The van der Waals surface area contributed by atoms with Gasteiger partial charge < -0.3 is 18.9 Å². The predicted octanol–water partition coefficient (Wildman–Crippen LogP) is 1.72. The molecule has 0 radical (unpaired) electrons. The van der Waals surface area contributed by atoms with Gasteiger partial charge >= 0.3 is 11.9 Å². The number of carbonyl (C=O) groups excluding carboxylic acids is 2. The van der Waals surface area contributed by atoms with Gasteiger partial charge in [-0.15, -0.1) is 0 Å². The fraction of sp³-hybridized carbons (Fsp3) is 0.733. The van der Waals surface area contributed by atoms with Crippen LogP contribution in [0.4, 0.5) is 0 Å². The quantitative estimate of drug-likeness (QED) is 0.549. The molecule has 6 heteroatoms. The summed E-state index contributed by atoms with van der Waals surface area (Å²) in [6.45, 7) is 5.64. The summed E-state index contributed by atoms with van der Waals surface area (Å²) in [4.78, 5) is 22.7. The molecule has 0 N–H and O–H groups in total. The molecule has 1 heterocycles. The van der Waals surface area contributed by atoms with Crippen molar-refractivity contribution in [2.24, 2.45) is 0 Å². The number of carbonyl (C=O) groups is 2. The minimum atomic E-state index is -0.501. The van der Waals surface area contributed by atoms with Crippen molar-refractivity contribution in [1.82, 2.24) is 0 Å². The van der Waals surface area contributed by atoms with Crippen LogP contribution >= 0.6 is 0 Å². The molecule has 118 valence electrons. The van der Waals surface area contributed by atoms with Crippen molar-refractivity contribution in [1.29, 1.82) is 0 Å². The van der Waals surface area contributed by atoms with Gasteiger partial charge in [-0.2, -0.15) is 0 Å². The monoisotopic (exact) mass is 298 g/mol. The van der Waals surface area contributed by atoms with E-state index >= 15 is 0 Å². The zero-order valence-corrected chi connectivity index (χ0v) is 12.4. The van der Waals surface area contributed by atoms with Gasteiger partial charge in [0, 0.05) is 18.4 Å². The molecule has 2 aliphatic rings. The number of rotatable bonds is 6. The molecule has 1 saturated heterocycles. The van der Waals surface area contributed by atoms with Crippen LogP contribution in [0.15, 0.2) is 12.2 Å². The number of hydrogen-bond acceptors (Lipinski definition) is 6. The molecule has 6 nitrogen and oxygen atoms in total. The molecule has 0 bridgehead atoms. The Morgan fingerprint density at radius 1 is 1.29 bits per heavy atom. The number of ether oxygens (including phenoxy) is 4. The van der Waals surface area contributed by atoms with Crippen LogP contribution in [0.5, 0.6) is 0 Å². The molecule has 0 aromatic rings. The van der Waals surface area contributed by atoms with E-state index in [2.05, 4.69) is 6.58 Å². The van der Waals surface area contributed by atoms with E-state index in [-0.39, 0.29) is 25.7 Å². The first-order valence-corrected chi connectivity index (χ1v) is 7.31. The largest absolute Gasteiger partial charge is 0.463 e. The van der Waals surface area contributed by atoms with Crippen LogP contribution in [-0.4, -0.2) is 43.7 Å². The van der Waals surface area contributed by atoms with Crippen molar-refractivity contribution in [3.63, 3.8) is 0 Å². The first kappa shape index (κ1) is 16.0. The molecule has 1 atom stereocenters. The van der Waals surface area contributed by atoms with Crippen molar-refractivity contribution in [2.45, 2.75) is 50.9 Å². The second kappa shape index (κ2) is 7.04. The first-order valence-electron chi connectivity index (χ1n) is 7.31. The fourth-order valence-corrected chi connectivity index (χ4v) is 2.48. The van der Waals surface area contributed by atoms with Gasteiger partial charge in [0.05, 0.1) is 13.0 Å². The van der Waals surface area contributed by atoms with E-state index in [0.29, 0.717) is 12.2 Å². The topological polar surface area (TPSA) is 71.1 Å². The molecular weight excluding hydrogens is 276 g/mol. The molecule has 21 heavy (non-hydrogen) atoms. The Bertz CT molecular complexity index is 410. The lowest BCUT2D eigenvalue weighted by Crippen LogP contribution is -2.28. The molecule has 0 aromatic carbocycles. The van der Waals surface area contributed by atoms with Gasteiger partial charge in [0.25, 0.3) is 0 Å². The molecule has 1 aliphatic heterocycles. The van der Waals surface area contributed by atoms with Gasteiger partial charge in [0.1, 0.15) is 19.3 Å². The second-order valence-electron chi connectivity index (χ2n) is 5.52. The van der Waals surface area contributed by atoms with E-state index in [1.165, 1.54) is 0 Å². The lowest BCUT2D eigenvalue weighted by molar-refractivity contribution is -0.172. The van der Waals surface area contributed by atoms with E-state index < -0.39 is 17.7 Å². The van der Waals surface area contributed by atoms with Crippen LogP contribution in [0.1, 0.15) is 39.0 Å². The molecule has 0 aromatic heterocycles. The summed E-state index contributed by atoms with van der Waals surface area (Å²) in [6.07, 6.45) is 3.87. The Labute approximate surface area is 124 Å². The molecule has 2 fully saturated rings. The summed E-state index contributed by atoms with van der Waals surface area (Å²) in [5.74, 6) is -1.35. The van der Waals surface area contributed by atoms with Crippen LogP contribution in [0.25, 0.3) is 0 Å². The molecule has 1 saturated carbocycles. The second-order valence-corrected chi connectivity index (χ2v) is 5.52. The fourth-order valence-electron chi connectivity index (χ4n) is 2.48. The van der Waals surface area contributed by atoms with Crippen LogP contribution in [0, 0.1) is 0 Å². The smallest absolute Gasteiger partial charge is 0.333 e. The third-order valence-electron chi connectivity index (χ3n) is 3.60. The molecule has 1 spiro atoms. The summed E-state index contributed by atoms with van der Waals surface area (Å²) in [7, 11) is 0. The molecule has 2 rings (SSSR count). The maximum absolute atomic E-state index is 11.5. The summed E-state index contributed by atoms with van der Waals surface area (Å²) in [5, 5.41) is 0.